The molecule has 2 bridgehead atoms. The van der Waals surface area contributed by atoms with Crippen LogP contribution in [0.1, 0.15) is 31.0 Å². The minimum absolute atomic E-state index is 0.200. The summed E-state index contributed by atoms with van der Waals surface area (Å²) in [7, 11) is 1.46. The predicted octanol–water partition coefficient (Wildman–Crippen LogP) is 2.23. The van der Waals surface area contributed by atoms with E-state index in [-0.39, 0.29) is 18.0 Å². The molecule has 1 aromatic heterocycles. The molecule has 0 spiro atoms. The highest BCUT2D eigenvalue weighted by Crippen LogP contribution is 2.40. The summed E-state index contributed by atoms with van der Waals surface area (Å²) in [5.74, 6) is 0.0824. The molecule has 3 heterocycles. The number of esters is 1. The third kappa shape index (κ3) is 2.75. The fourth-order valence-electron chi connectivity index (χ4n) is 4.89. The SMILES string of the molecule is COC(=O)[C@]1(C)CC2C[C@H](O)CN(CCc3c1[nH]c1ccccc31)C2. The van der Waals surface area contributed by atoms with Gasteiger partial charge in [-0.05, 0) is 43.7 Å². The van der Waals surface area contributed by atoms with E-state index in [1.54, 1.807) is 0 Å². The number of carbonyl (C=O) groups is 1. The molecule has 25 heavy (non-hydrogen) atoms. The molecule has 1 fully saturated rings. The van der Waals surface area contributed by atoms with Crippen molar-refractivity contribution in [3.05, 3.63) is 35.5 Å². The number of aromatic nitrogens is 1. The Bertz CT molecular complexity index is 799. The topological polar surface area (TPSA) is 65.6 Å². The number of ether oxygens (including phenoxy) is 1. The molecule has 0 amide bonds. The zero-order chi connectivity index (χ0) is 17.6. The summed E-state index contributed by atoms with van der Waals surface area (Å²) in [5, 5.41) is 11.4. The third-order valence-corrected chi connectivity index (χ3v) is 5.97. The Kier molecular flexibility index (Phi) is 4.08. The maximum absolute atomic E-state index is 12.8. The van der Waals surface area contributed by atoms with Gasteiger partial charge in [0.25, 0.3) is 0 Å². The van der Waals surface area contributed by atoms with Crippen LogP contribution < -0.4 is 0 Å². The molecule has 2 unspecified atom stereocenters. The second-order valence-electron chi connectivity index (χ2n) is 7.82. The van der Waals surface area contributed by atoms with Gasteiger partial charge in [0.05, 0.1) is 13.2 Å². The van der Waals surface area contributed by atoms with E-state index in [0.717, 1.165) is 43.7 Å². The van der Waals surface area contributed by atoms with Crippen molar-refractivity contribution in [3.8, 4) is 0 Å². The fourth-order valence-corrected chi connectivity index (χ4v) is 4.89. The van der Waals surface area contributed by atoms with Crippen LogP contribution in [-0.2, 0) is 21.4 Å². The second kappa shape index (κ2) is 6.15. The van der Waals surface area contributed by atoms with E-state index >= 15 is 0 Å². The number of fused-ring (bicyclic) bond motifs is 5. The quantitative estimate of drug-likeness (QED) is 0.780. The monoisotopic (exact) mass is 342 g/mol. The lowest BCUT2D eigenvalue weighted by Gasteiger charge is -2.37. The molecule has 1 saturated heterocycles. The number of para-hydroxylation sites is 1. The van der Waals surface area contributed by atoms with Gasteiger partial charge in [-0.1, -0.05) is 18.2 Å². The van der Waals surface area contributed by atoms with Crippen LogP contribution in [0.4, 0.5) is 0 Å². The van der Waals surface area contributed by atoms with Gasteiger partial charge in [-0.25, -0.2) is 0 Å². The number of methoxy groups -OCH3 is 1. The molecule has 5 heteroatoms. The largest absolute Gasteiger partial charge is 0.468 e. The van der Waals surface area contributed by atoms with Crippen molar-refractivity contribution in [1.82, 2.24) is 9.88 Å². The van der Waals surface area contributed by atoms with Crippen molar-refractivity contribution in [1.29, 1.82) is 0 Å². The lowest BCUT2D eigenvalue weighted by Crippen LogP contribution is -2.46. The number of H-pyrrole nitrogens is 1. The fraction of sp³-hybridized carbons (Fsp3) is 0.550. The highest BCUT2D eigenvalue weighted by Gasteiger charge is 2.44. The highest BCUT2D eigenvalue weighted by atomic mass is 16.5. The normalized spacial score (nSPS) is 32.4. The number of piperidine rings is 1. The summed E-state index contributed by atoms with van der Waals surface area (Å²) in [6, 6.07) is 8.25. The summed E-state index contributed by atoms with van der Waals surface area (Å²) in [5.41, 5.74) is 2.55. The number of nitrogens with one attached hydrogen (secondary N) is 1. The van der Waals surface area contributed by atoms with Crippen LogP contribution in [0.25, 0.3) is 10.9 Å². The van der Waals surface area contributed by atoms with Crippen molar-refractivity contribution in [2.45, 2.75) is 37.7 Å². The molecule has 0 aliphatic carbocycles. The zero-order valence-electron chi connectivity index (χ0n) is 14.9. The van der Waals surface area contributed by atoms with Crippen LogP contribution in [0.15, 0.2) is 24.3 Å². The number of hydrogen-bond donors (Lipinski definition) is 2. The molecule has 0 radical (unpaired) electrons. The van der Waals surface area contributed by atoms with E-state index in [1.165, 1.54) is 18.1 Å². The number of benzene rings is 1. The van der Waals surface area contributed by atoms with E-state index < -0.39 is 5.41 Å². The summed E-state index contributed by atoms with van der Waals surface area (Å²) < 4.78 is 5.21. The molecule has 2 aromatic rings. The van der Waals surface area contributed by atoms with Gasteiger partial charge in [-0.15, -0.1) is 0 Å². The molecule has 2 aliphatic heterocycles. The standard InChI is InChI=1S/C20H26N2O3/c1-20(19(24)25-2)10-13-9-14(23)12-22(11-13)8-7-16-15-5-3-4-6-17(15)21-18(16)20/h3-6,13-14,21,23H,7-12H2,1-2H3/t13?,14-,20+/m0/s1. The molecule has 2 N–H and O–H groups in total. The predicted molar refractivity (Wildman–Crippen MR) is 96.5 cm³/mol. The molecule has 134 valence electrons. The summed E-state index contributed by atoms with van der Waals surface area (Å²) in [6.45, 7) is 4.55. The molecular formula is C20H26N2O3. The Hall–Kier alpha value is -1.85. The third-order valence-electron chi connectivity index (χ3n) is 5.97. The van der Waals surface area contributed by atoms with E-state index in [9.17, 15) is 9.90 Å². The van der Waals surface area contributed by atoms with Gasteiger partial charge >= 0.3 is 5.97 Å². The van der Waals surface area contributed by atoms with Crippen LogP contribution in [0.3, 0.4) is 0 Å². The molecule has 1 aromatic carbocycles. The van der Waals surface area contributed by atoms with Crippen molar-refractivity contribution < 1.29 is 14.6 Å². The van der Waals surface area contributed by atoms with Gasteiger partial charge in [-0.3, -0.25) is 4.79 Å². The maximum atomic E-state index is 12.8. The van der Waals surface area contributed by atoms with Gasteiger partial charge in [0.1, 0.15) is 5.41 Å². The first kappa shape index (κ1) is 16.6. The van der Waals surface area contributed by atoms with Crippen molar-refractivity contribution >= 4 is 16.9 Å². The first-order chi connectivity index (χ1) is 12.0. The van der Waals surface area contributed by atoms with Crippen LogP contribution in [0.2, 0.25) is 0 Å². The van der Waals surface area contributed by atoms with Crippen LogP contribution in [0, 0.1) is 5.92 Å². The number of carbonyl (C=O) groups excluding carboxylic acids is 1. The summed E-state index contributed by atoms with van der Waals surface area (Å²) in [6.07, 6.45) is 1.99. The van der Waals surface area contributed by atoms with Crippen molar-refractivity contribution in [2.24, 2.45) is 5.92 Å². The Balaban J connectivity index is 1.88. The Morgan fingerprint density at radius 3 is 2.96 bits per heavy atom. The Morgan fingerprint density at radius 2 is 2.16 bits per heavy atom. The van der Waals surface area contributed by atoms with E-state index in [0.29, 0.717) is 6.42 Å². The Morgan fingerprint density at radius 1 is 1.36 bits per heavy atom. The molecule has 4 rings (SSSR count). The first-order valence-corrected chi connectivity index (χ1v) is 9.10. The summed E-state index contributed by atoms with van der Waals surface area (Å²) in [4.78, 5) is 18.7. The number of rotatable bonds is 1. The zero-order valence-corrected chi connectivity index (χ0v) is 14.9. The van der Waals surface area contributed by atoms with Gasteiger partial charge in [0.15, 0.2) is 0 Å². The van der Waals surface area contributed by atoms with Gasteiger partial charge < -0.3 is 19.7 Å². The second-order valence-corrected chi connectivity index (χ2v) is 7.82. The highest BCUT2D eigenvalue weighted by molar-refractivity contribution is 5.90. The van der Waals surface area contributed by atoms with Crippen LogP contribution >= 0.6 is 0 Å². The number of nitrogens with zero attached hydrogens (tertiary/aromatic N) is 1. The maximum Gasteiger partial charge on any atom is 0.317 e. The van der Waals surface area contributed by atoms with Gasteiger partial charge in [-0.2, -0.15) is 0 Å². The number of aromatic amines is 1. The van der Waals surface area contributed by atoms with E-state index in [4.69, 9.17) is 4.74 Å². The molecule has 4 atom stereocenters. The van der Waals surface area contributed by atoms with Crippen LogP contribution in [0.5, 0.6) is 0 Å². The van der Waals surface area contributed by atoms with E-state index in [1.807, 2.05) is 19.1 Å². The molecular weight excluding hydrogens is 316 g/mol. The summed E-state index contributed by atoms with van der Waals surface area (Å²) >= 11 is 0. The average Bonchev–Trinajstić information content (AvgIpc) is 2.98. The minimum Gasteiger partial charge on any atom is -0.468 e. The van der Waals surface area contributed by atoms with Crippen molar-refractivity contribution in [3.63, 3.8) is 0 Å². The molecule has 0 saturated carbocycles. The van der Waals surface area contributed by atoms with Crippen molar-refractivity contribution in [2.75, 3.05) is 26.7 Å². The molecule has 5 nitrogen and oxygen atoms in total. The Labute approximate surface area is 148 Å². The number of aliphatic hydroxyl groups is 1. The smallest absolute Gasteiger partial charge is 0.317 e. The number of hydrogen-bond acceptors (Lipinski definition) is 4. The number of aliphatic hydroxyl groups excluding tert-OH is 1. The van der Waals surface area contributed by atoms with Gasteiger partial charge in [0, 0.05) is 36.2 Å². The van der Waals surface area contributed by atoms with Gasteiger partial charge in [0.2, 0.25) is 0 Å². The van der Waals surface area contributed by atoms with Crippen LogP contribution in [-0.4, -0.2) is 53.8 Å². The average molecular weight is 342 g/mol. The first-order valence-electron chi connectivity index (χ1n) is 9.10. The lowest BCUT2D eigenvalue weighted by atomic mass is 9.74. The minimum atomic E-state index is -0.721. The van der Waals surface area contributed by atoms with E-state index in [2.05, 4.69) is 22.0 Å². The molecule has 2 aliphatic rings. The lowest BCUT2D eigenvalue weighted by molar-refractivity contribution is -0.148.